The van der Waals surface area contributed by atoms with Gasteiger partial charge in [0.25, 0.3) is 5.91 Å². The fourth-order valence-corrected chi connectivity index (χ4v) is 6.08. The molecular formula is C32H31N5O5S. The maximum absolute atomic E-state index is 13.7. The van der Waals surface area contributed by atoms with Crippen molar-refractivity contribution in [3.8, 4) is 11.5 Å². The zero-order chi connectivity index (χ0) is 29.8. The lowest BCUT2D eigenvalue weighted by Gasteiger charge is -2.27. The summed E-state index contributed by atoms with van der Waals surface area (Å²) in [5.41, 5.74) is 3.16. The summed E-state index contributed by atoms with van der Waals surface area (Å²) in [5.74, 6) is 1.11. The van der Waals surface area contributed by atoms with Gasteiger partial charge in [0.2, 0.25) is 18.6 Å². The molecule has 0 spiro atoms. The van der Waals surface area contributed by atoms with Crippen LogP contribution in [0.15, 0.2) is 82.8 Å². The first kappa shape index (κ1) is 28.5. The van der Waals surface area contributed by atoms with Gasteiger partial charge in [0.1, 0.15) is 11.9 Å². The van der Waals surface area contributed by atoms with Crippen LogP contribution in [0.25, 0.3) is 0 Å². The van der Waals surface area contributed by atoms with Crippen molar-refractivity contribution in [2.24, 2.45) is 9.98 Å². The summed E-state index contributed by atoms with van der Waals surface area (Å²) in [4.78, 5) is 50.6. The number of thioether (sulfide) groups is 1. The molecule has 3 aromatic rings. The topological polar surface area (TPSA) is 122 Å². The van der Waals surface area contributed by atoms with E-state index < -0.39 is 11.3 Å². The molecular weight excluding hydrogens is 566 g/mol. The van der Waals surface area contributed by atoms with Crippen LogP contribution in [0.3, 0.4) is 0 Å². The smallest absolute Gasteiger partial charge is 0.259 e. The normalized spacial score (nSPS) is 17.0. The van der Waals surface area contributed by atoms with Crippen molar-refractivity contribution in [3.63, 3.8) is 0 Å². The third kappa shape index (κ3) is 6.26. The summed E-state index contributed by atoms with van der Waals surface area (Å²) in [6.45, 7) is 2.58. The quantitative estimate of drug-likeness (QED) is 0.351. The molecule has 220 valence electrons. The van der Waals surface area contributed by atoms with E-state index in [0.29, 0.717) is 46.8 Å². The standard InChI is InChI=1S/C32H31N5O5S/c1-2-27(30(39)34-21-12-14-25-26(18-21)42-19-41-25)43-32-36-23-11-7-6-10-22(23)29-35-24(31(40)37(29)32)13-15-28(38)33-17-16-20-8-4-3-5-9-20/h3-12,14,18,24,27H,2,13,15-17,19H2,1H3,(H,33,38)(H,34,39). The maximum atomic E-state index is 13.7. The van der Waals surface area contributed by atoms with E-state index >= 15 is 0 Å². The zero-order valence-electron chi connectivity index (χ0n) is 23.6. The van der Waals surface area contributed by atoms with Crippen LogP contribution in [0, 0.1) is 0 Å². The van der Waals surface area contributed by atoms with E-state index in [1.54, 1.807) is 18.2 Å². The van der Waals surface area contributed by atoms with Gasteiger partial charge in [0.05, 0.1) is 10.9 Å². The molecule has 0 radical (unpaired) electrons. The number of ether oxygens (including phenoxy) is 2. The number of carbonyl (C=O) groups excluding carboxylic acids is 3. The van der Waals surface area contributed by atoms with Crippen molar-refractivity contribution in [2.45, 2.75) is 43.9 Å². The first-order chi connectivity index (χ1) is 21.0. The SMILES string of the molecule is CCC(SC1=Nc2ccccc2C2=NC(CCC(=O)NCCc3ccccc3)C(=O)N12)C(=O)Nc1ccc2c(c1)OCO2. The van der Waals surface area contributed by atoms with Crippen LogP contribution in [-0.2, 0) is 20.8 Å². The van der Waals surface area contributed by atoms with Gasteiger partial charge in [-0.15, -0.1) is 0 Å². The summed E-state index contributed by atoms with van der Waals surface area (Å²) < 4.78 is 10.8. The van der Waals surface area contributed by atoms with Gasteiger partial charge in [-0.1, -0.05) is 61.2 Å². The van der Waals surface area contributed by atoms with Gasteiger partial charge in [-0.2, -0.15) is 0 Å². The highest BCUT2D eigenvalue weighted by atomic mass is 32.2. The number of amides is 3. The molecule has 3 amide bonds. The molecule has 3 aromatic carbocycles. The van der Waals surface area contributed by atoms with Crippen LogP contribution >= 0.6 is 11.8 Å². The minimum atomic E-state index is -0.714. The summed E-state index contributed by atoms with van der Waals surface area (Å²) in [6.07, 6.45) is 1.69. The van der Waals surface area contributed by atoms with Crippen molar-refractivity contribution in [1.82, 2.24) is 10.2 Å². The van der Waals surface area contributed by atoms with E-state index in [2.05, 4.69) is 10.6 Å². The number of carbonyl (C=O) groups is 3. The highest BCUT2D eigenvalue weighted by Crippen LogP contribution is 2.37. The number of fused-ring (bicyclic) bond motifs is 4. The molecule has 6 rings (SSSR count). The zero-order valence-corrected chi connectivity index (χ0v) is 24.4. The average Bonchev–Trinajstić information content (AvgIpc) is 3.63. The Kier molecular flexibility index (Phi) is 8.41. The van der Waals surface area contributed by atoms with Gasteiger partial charge in [-0.05, 0) is 49.1 Å². The Bertz CT molecular complexity index is 1610. The highest BCUT2D eigenvalue weighted by molar-refractivity contribution is 8.15. The molecule has 0 saturated carbocycles. The van der Waals surface area contributed by atoms with Crippen molar-refractivity contribution in [1.29, 1.82) is 0 Å². The van der Waals surface area contributed by atoms with Gasteiger partial charge in [0, 0.05) is 30.3 Å². The van der Waals surface area contributed by atoms with Gasteiger partial charge < -0.3 is 20.1 Å². The molecule has 43 heavy (non-hydrogen) atoms. The number of nitrogens with zero attached hydrogens (tertiary/aromatic N) is 3. The molecule has 0 saturated heterocycles. The van der Waals surface area contributed by atoms with Crippen molar-refractivity contribution in [3.05, 3.63) is 83.9 Å². The van der Waals surface area contributed by atoms with Crippen LogP contribution in [0.2, 0.25) is 0 Å². The Labute approximate surface area is 253 Å². The van der Waals surface area contributed by atoms with E-state index in [4.69, 9.17) is 19.5 Å². The predicted molar refractivity (Wildman–Crippen MR) is 166 cm³/mol. The van der Waals surface area contributed by atoms with Gasteiger partial charge in [0.15, 0.2) is 16.7 Å². The number of amidine groups is 2. The molecule has 0 bridgehead atoms. The third-order valence-corrected chi connectivity index (χ3v) is 8.64. The van der Waals surface area contributed by atoms with E-state index in [-0.39, 0.29) is 37.4 Å². The highest BCUT2D eigenvalue weighted by Gasteiger charge is 2.42. The Hall–Kier alpha value is -4.64. The van der Waals surface area contributed by atoms with Crippen LogP contribution in [-0.4, -0.2) is 58.3 Å². The molecule has 2 unspecified atom stereocenters. The van der Waals surface area contributed by atoms with Crippen molar-refractivity contribution < 1.29 is 23.9 Å². The van der Waals surface area contributed by atoms with Crippen molar-refractivity contribution in [2.75, 3.05) is 18.7 Å². The minimum Gasteiger partial charge on any atom is -0.454 e. The fraction of sp³-hybridized carbons (Fsp3) is 0.281. The fourth-order valence-electron chi connectivity index (χ4n) is 5.06. The Morgan fingerprint density at radius 2 is 1.84 bits per heavy atom. The Balaban J connectivity index is 1.12. The van der Waals surface area contributed by atoms with Crippen LogP contribution in [0.4, 0.5) is 11.4 Å². The maximum Gasteiger partial charge on any atom is 0.259 e. The molecule has 2 atom stereocenters. The van der Waals surface area contributed by atoms with Gasteiger partial charge in [-0.25, -0.2) is 9.89 Å². The molecule has 0 fully saturated rings. The summed E-state index contributed by atoms with van der Waals surface area (Å²) in [5, 5.41) is 5.74. The Morgan fingerprint density at radius 1 is 1.05 bits per heavy atom. The van der Waals surface area contributed by atoms with E-state index in [1.807, 2.05) is 61.5 Å². The number of rotatable bonds is 10. The first-order valence-electron chi connectivity index (χ1n) is 14.3. The average molecular weight is 598 g/mol. The number of benzene rings is 3. The molecule has 11 heteroatoms. The van der Waals surface area contributed by atoms with Crippen LogP contribution in [0.5, 0.6) is 11.5 Å². The lowest BCUT2D eigenvalue weighted by atomic mass is 10.1. The van der Waals surface area contributed by atoms with Crippen LogP contribution < -0.4 is 20.1 Å². The number of anilines is 1. The summed E-state index contributed by atoms with van der Waals surface area (Å²) >= 11 is 1.22. The number of hydrogen-bond donors (Lipinski definition) is 2. The third-order valence-electron chi connectivity index (χ3n) is 7.32. The molecule has 3 aliphatic rings. The number of aliphatic imine (C=N–C) groups is 2. The lowest BCUT2D eigenvalue weighted by Crippen LogP contribution is -2.42. The van der Waals surface area contributed by atoms with E-state index in [1.165, 1.54) is 16.7 Å². The molecule has 0 aromatic heterocycles. The monoisotopic (exact) mass is 597 g/mol. The molecule has 0 aliphatic carbocycles. The number of hydrogen-bond acceptors (Lipinski definition) is 8. The molecule has 3 aliphatic heterocycles. The largest absolute Gasteiger partial charge is 0.454 e. The molecule has 3 heterocycles. The predicted octanol–water partition coefficient (Wildman–Crippen LogP) is 4.66. The van der Waals surface area contributed by atoms with Crippen LogP contribution in [0.1, 0.15) is 37.3 Å². The first-order valence-corrected chi connectivity index (χ1v) is 15.2. The second kappa shape index (κ2) is 12.7. The summed E-state index contributed by atoms with van der Waals surface area (Å²) in [6, 6.07) is 22.0. The molecule has 10 nitrogen and oxygen atoms in total. The second-order valence-corrected chi connectivity index (χ2v) is 11.4. The minimum absolute atomic E-state index is 0.122. The second-order valence-electron chi connectivity index (χ2n) is 10.2. The summed E-state index contributed by atoms with van der Waals surface area (Å²) in [7, 11) is 0. The van der Waals surface area contributed by atoms with Crippen molar-refractivity contribution >= 4 is 51.9 Å². The lowest BCUT2D eigenvalue weighted by molar-refractivity contribution is -0.125. The van der Waals surface area contributed by atoms with Gasteiger partial charge in [-0.3, -0.25) is 19.4 Å². The molecule has 2 N–H and O–H groups in total. The Morgan fingerprint density at radius 3 is 2.67 bits per heavy atom. The van der Waals surface area contributed by atoms with E-state index in [0.717, 1.165) is 17.5 Å². The number of nitrogens with one attached hydrogen (secondary N) is 2. The van der Waals surface area contributed by atoms with Gasteiger partial charge >= 0.3 is 0 Å². The number of para-hydroxylation sites is 1. The van der Waals surface area contributed by atoms with E-state index in [9.17, 15) is 14.4 Å².